The van der Waals surface area contributed by atoms with Crippen molar-refractivity contribution in [3.05, 3.63) is 17.2 Å². The molecular weight excluding hydrogens is 304 g/mol. The van der Waals surface area contributed by atoms with E-state index < -0.39 is 0 Å². The van der Waals surface area contributed by atoms with Crippen LogP contribution < -0.4 is 10.6 Å². The molecule has 2 rings (SSSR count). The third-order valence-electron chi connectivity index (χ3n) is 4.09. The molecule has 2 heterocycles. The topological polar surface area (TPSA) is 76.0 Å². The molecule has 1 aliphatic heterocycles. The summed E-state index contributed by atoms with van der Waals surface area (Å²) >= 11 is 0. The number of hydrogen-bond donors (Lipinski definition) is 2. The molecule has 0 spiro atoms. The van der Waals surface area contributed by atoms with Gasteiger partial charge in [-0.05, 0) is 46.5 Å². The van der Waals surface area contributed by atoms with Crippen molar-refractivity contribution in [3.8, 4) is 0 Å². The first kappa shape index (κ1) is 18.5. The zero-order valence-corrected chi connectivity index (χ0v) is 15.4. The van der Waals surface area contributed by atoms with E-state index in [9.17, 15) is 9.59 Å². The lowest BCUT2D eigenvalue weighted by Gasteiger charge is -2.22. The first-order valence-electron chi connectivity index (χ1n) is 9.03. The average molecular weight is 334 g/mol. The number of amides is 2. The third-order valence-corrected chi connectivity index (χ3v) is 4.09. The van der Waals surface area contributed by atoms with E-state index >= 15 is 0 Å². The van der Waals surface area contributed by atoms with Crippen LogP contribution in [0.2, 0.25) is 0 Å². The van der Waals surface area contributed by atoms with Crippen LogP contribution in [0.1, 0.15) is 86.6 Å². The van der Waals surface area contributed by atoms with Crippen molar-refractivity contribution in [1.29, 1.82) is 0 Å². The van der Waals surface area contributed by atoms with Gasteiger partial charge in [-0.1, -0.05) is 19.8 Å². The summed E-state index contributed by atoms with van der Waals surface area (Å²) in [6, 6.07) is 0. The number of hydrogen-bond acceptors (Lipinski definition) is 3. The highest BCUT2D eigenvalue weighted by Crippen LogP contribution is 2.21. The number of carbonyl (C=O) groups excluding carboxylic acids is 2. The van der Waals surface area contributed by atoms with Crippen molar-refractivity contribution >= 4 is 11.8 Å². The quantitative estimate of drug-likeness (QED) is 0.785. The molecule has 24 heavy (non-hydrogen) atoms. The van der Waals surface area contributed by atoms with Crippen LogP contribution in [-0.4, -0.2) is 33.4 Å². The maximum atomic E-state index is 12.5. The molecule has 0 radical (unpaired) electrons. The molecule has 6 heteroatoms. The molecule has 1 aromatic rings. The lowest BCUT2D eigenvalue weighted by atomic mass is 10.1. The van der Waals surface area contributed by atoms with E-state index in [2.05, 4.69) is 22.5 Å². The molecule has 0 aliphatic carbocycles. The number of carbonyl (C=O) groups is 2. The highest BCUT2D eigenvalue weighted by atomic mass is 16.2. The Morgan fingerprint density at radius 3 is 2.58 bits per heavy atom. The minimum absolute atomic E-state index is 0.161. The molecule has 0 atom stereocenters. The van der Waals surface area contributed by atoms with Crippen LogP contribution in [0.4, 0.5) is 0 Å². The fourth-order valence-electron chi connectivity index (χ4n) is 2.96. The number of unbranched alkanes of at least 4 members (excludes halogenated alkanes) is 2. The fourth-order valence-corrected chi connectivity index (χ4v) is 2.96. The molecule has 2 N–H and O–H groups in total. The number of imidazole rings is 1. The molecule has 0 unspecified atom stereocenters. The van der Waals surface area contributed by atoms with Crippen LogP contribution >= 0.6 is 0 Å². The Morgan fingerprint density at radius 1 is 1.17 bits per heavy atom. The largest absolute Gasteiger partial charge is 0.351 e. The zero-order valence-electron chi connectivity index (χ0n) is 15.4. The van der Waals surface area contributed by atoms with Crippen LogP contribution in [0.3, 0.4) is 0 Å². The summed E-state index contributed by atoms with van der Waals surface area (Å²) in [5.74, 6) is -0.0134. The smallest absolute Gasteiger partial charge is 0.287 e. The number of aromatic nitrogens is 2. The van der Waals surface area contributed by atoms with E-state index in [0.29, 0.717) is 18.1 Å². The van der Waals surface area contributed by atoms with E-state index in [1.54, 1.807) is 0 Å². The van der Waals surface area contributed by atoms with Gasteiger partial charge in [0.05, 0.1) is 5.69 Å². The van der Waals surface area contributed by atoms with Gasteiger partial charge in [0.1, 0.15) is 5.69 Å². The lowest BCUT2D eigenvalue weighted by molar-refractivity contribution is 0.0903. The van der Waals surface area contributed by atoms with Crippen molar-refractivity contribution in [3.63, 3.8) is 0 Å². The first-order chi connectivity index (χ1) is 11.3. The third kappa shape index (κ3) is 4.58. The van der Waals surface area contributed by atoms with Crippen LogP contribution in [0.5, 0.6) is 0 Å². The van der Waals surface area contributed by atoms with Crippen molar-refractivity contribution in [1.82, 2.24) is 20.2 Å². The Morgan fingerprint density at radius 2 is 1.92 bits per heavy atom. The molecule has 0 fully saturated rings. The summed E-state index contributed by atoms with van der Waals surface area (Å²) in [6.45, 7) is 9.35. The molecular formula is C18H30N4O2. The highest BCUT2D eigenvalue weighted by molar-refractivity contribution is 5.97. The van der Waals surface area contributed by atoms with Crippen molar-refractivity contribution in [2.45, 2.75) is 78.3 Å². The van der Waals surface area contributed by atoms with E-state index in [1.807, 2.05) is 25.3 Å². The summed E-state index contributed by atoms with van der Waals surface area (Å²) in [4.78, 5) is 29.4. The van der Waals surface area contributed by atoms with Gasteiger partial charge in [-0.2, -0.15) is 0 Å². The van der Waals surface area contributed by atoms with Gasteiger partial charge in [-0.15, -0.1) is 0 Å². The molecule has 0 bridgehead atoms. The van der Waals surface area contributed by atoms with E-state index in [4.69, 9.17) is 0 Å². The van der Waals surface area contributed by atoms with Gasteiger partial charge >= 0.3 is 0 Å². The molecule has 0 saturated carbocycles. The Labute approximate surface area is 144 Å². The fraction of sp³-hybridized carbons (Fsp3) is 0.722. The second-order valence-electron chi connectivity index (χ2n) is 7.51. The molecule has 2 amide bonds. The number of fused-ring (bicyclic) bond motifs is 1. The average Bonchev–Trinajstić information content (AvgIpc) is 2.89. The highest BCUT2D eigenvalue weighted by Gasteiger charge is 2.28. The van der Waals surface area contributed by atoms with Crippen LogP contribution in [0.25, 0.3) is 0 Å². The lowest BCUT2D eigenvalue weighted by Crippen LogP contribution is -2.42. The maximum absolute atomic E-state index is 12.5. The minimum Gasteiger partial charge on any atom is -0.351 e. The number of rotatable bonds is 6. The monoisotopic (exact) mass is 334 g/mol. The second-order valence-corrected chi connectivity index (χ2v) is 7.51. The Kier molecular flexibility index (Phi) is 6.02. The summed E-state index contributed by atoms with van der Waals surface area (Å²) in [6.07, 6.45) is 6.02. The van der Waals surface area contributed by atoms with Gasteiger partial charge in [0, 0.05) is 18.6 Å². The molecule has 1 aliphatic rings. The molecule has 6 nitrogen and oxygen atoms in total. The summed E-state index contributed by atoms with van der Waals surface area (Å²) < 4.78 is 1.92. The van der Waals surface area contributed by atoms with Gasteiger partial charge in [0.15, 0.2) is 5.82 Å². The van der Waals surface area contributed by atoms with Crippen molar-refractivity contribution in [2.24, 2.45) is 0 Å². The van der Waals surface area contributed by atoms with E-state index in [-0.39, 0.29) is 17.4 Å². The maximum Gasteiger partial charge on any atom is 0.287 e. The van der Waals surface area contributed by atoms with Gasteiger partial charge in [-0.25, -0.2) is 4.98 Å². The second kappa shape index (κ2) is 7.81. The molecule has 134 valence electrons. The molecule has 0 aromatic carbocycles. The van der Waals surface area contributed by atoms with Gasteiger partial charge < -0.3 is 15.2 Å². The standard InChI is InChI=1S/C18H30N4O2/c1-5-6-8-11-19-16(23)14-13-10-7-9-12-22(13)15(20-14)17(24)21-18(2,3)4/h5-12H2,1-4H3,(H,19,23)(H,21,24). The Hall–Kier alpha value is -1.85. The SMILES string of the molecule is CCCCCNC(=O)c1nc(C(=O)NC(C)(C)C)n2c1CCCC2. The summed E-state index contributed by atoms with van der Waals surface area (Å²) in [7, 11) is 0. The predicted octanol–water partition coefficient (Wildman–Crippen LogP) is 2.67. The Bertz CT molecular complexity index is 599. The summed E-state index contributed by atoms with van der Waals surface area (Å²) in [5, 5.41) is 5.88. The molecule has 1 aromatic heterocycles. The van der Waals surface area contributed by atoms with Gasteiger partial charge in [-0.3, -0.25) is 9.59 Å². The zero-order chi connectivity index (χ0) is 17.7. The number of nitrogens with zero attached hydrogens (tertiary/aromatic N) is 2. The predicted molar refractivity (Wildman–Crippen MR) is 94.2 cm³/mol. The summed E-state index contributed by atoms with van der Waals surface area (Å²) in [5.41, 5.74) is 0.985. The van der Waals surface area contributed by atoms with Crippen molar-refractivity contribution in [2.75, 3.05) is 6.54 Å². The minimum atomic E-state index is -0.333. The van der Waals surface area contributed by atoms with E-state index in [0.717, 1.165) is 50.8 Å². The Balaban J connectivity index is 2.20. The van der Waals surface area contributed by atoms with Crippen LogP contribution in [-0.2, 0) is 13.0 Å². The molecule has 0 saturated heterocycles. The van der Waals surface area contributed by atoms with Crippen LogP contribution in [0.15, 0.2) is 0 Å². The normalized spacial score (nSPS) is 14.2. The van der Waals surface area contributed by atoms with Gasteiger partial charge in [0.25, 0.3) is 11.8 Å². The number of nitrogens with one attached hydrogen (secondary N) is 2. The van der Waals surface area contributed by atoms with Crippen LogP contribution in [0, 0.1) is 0 Å². The first-order valence-corrected chi connectivity index (χ1v) is 9.03. The van der Waals surface area contributed by atoms with Crippen molar-refractivity contribution < 1.29 is 9.59 Å². The van der Waals surface area contributed by atoms with E-state index in [1.165, 1.54) is 0 Å². The van der Waals surface area contributed by atoms with Gasteiger partial charge in [0.2, 0.25) is 0 Å².